The Balaban J connectivity index is 0.000000445. The molecule has 0 saturated carbocycles. The molecule has 1 aliphatic carbocycles. The number of anilines is 2. The second-order valence-electron chi connectivity index (χ2n) is 8.67. The van der Waals surface area contributed by atoms with Gasteiger partial charge >= 0.3 is 11.9 Å². The molecule has 0 aliphatic heterocycles. The Morgan fingerprint density at radius 2 is 1.56 bits per heavy atom. The van der Waals surface area contributed by atoms with E-state index in [0.717, 1.165) is 16.7 Å². The topological polar surface area (TPSA) is 135 Å². The van der Waals surface area contributed by atoms with Gasteiger partial charge in [0.25, 0.3) is 0 Å². The second-order valence-corrected chi connectivity index (χ2v) is 9.09. The molecule has 11 nitrogen and oxygen atoms in total. The molecule has 1 aliphatic rings. The molecule has 0 radical (unpaired) electrons. The van der Waals surface area contributed by atoms with Crippen LogP contribution in [-0.2, 0) is 30.3 Å². The molecule has 1 heterocycles. The van der Waals surface area contributed by atoms with Gasteiger partial charge in [0.2, 0.25) is 11.1 Å². The summed E-state index contributed by atoms with van der Waals surface area (Å²) in [5.41, 5.74) is 3.61. The molecule has 0 amide bonds. The lowest BCUT2D eigenvalue weighted by molar-refractivity contribution is -0.141. The van der Waals surface area contributed by atoms with Gasteiger partial charge in [-0.15, -0.1) is 5.10 Å². The summed E-state index contributed by atoms with van der Waals surface area (Å²) < 4.78 is 34.7. The van der Waals surface area contributed by atoms with E-state index in [1.807, 2.05) is 6.07 Å². The highest BCUT2D eigenvalue weighted by Gasteiger charge is 2.32. The first-order valence-electron chi connectivity index (χ1n) is 12.4. The molecule has 41 heavy (non-hydrogen) atoms. The zero-order valence-electron chi connectivity index (χ0n) is 22.9. The Kier molecular flexibility index (Phi) is 10.8. The van der Waals surface area contributed by atoms with Gasteiger partial charge in [0, 0.05) is 36.1 Å². The maximum atomic E-state index is 13.7. The molecule has 0 saturated heterocycles. The SMILES string of the molecule is COC(=O)CCC(=O)Cl.COC(=O)CCC(=O)n1nc(Nc2cccc(F)c2)c2c1-c1cc(OC)c(OC)cc1C2. The molecule has 0 unspecified atom stereocenters. The molecule has 4 rings (SSSR count). The largest absolute Gasteiger partial charge is 0.493 e. The van der Waals surface area contributed by atoms with Crippen LogP contribution in [0.1, 0.15) is 41.6 Å². The van der Waals surface area contributed by atoms with Crippen LogP contribution in [-0.4, -0.2) is 61.3 Å². The summed E-state index contributed by atoms with van der Waals surface area (Å²) in [4.78, 5) is 44.8. The Hall–Kier alpha value is -4.45. The number of aromatic nitrogens is 2. The van der Waals surface area contributed by atoms with Crippen LogP contribution < -0.4 is 14.8 Å². The third kappa shape index (κ3) is 7.82. The van der Waals surface area contributed by atoms with Crippen molar-refractivity contribution in [2.24, 2.45) is 0 Å². The highest BCUT2D eigenvalue weighted by molar-refractivity contribution is 6.63. The molecule has 218 valence electrons. The predicted octanol–water partition coefficient (Wildman–Crippen LogP) is 4.65. The van der Waals surface area contributed by atoms with Crippen molar-refractivity contribution >= 4 is 46.2 Å². The molecule has 0 atom stereocenters. The summed E-state index contributed by atoms with van der Waals surface area (Å²) in [5.74, 6) is -0.108. The van der Waals surface area contributed by atoms with E-state index in [1.54, 1.807) is 25.3 Å². The minimum Gasteiger partial charge on any atom is -0.493 e. The monoisotopic (exact) mass is 589 g/mol. The van der Waals surface area contributed by atoms with E-state index in [9.17, 15) is 23.6 Å². The standard InChI is InChI=1S/C23H22FN3O5.C5H7ClO3/c1-30-18-10-13-9-17-22(16(13)12-19(18)31-2)27(20(28)7-8-21(29)32-3)26-23(17)25-15-6-4-5-14(24)11-15;1-9-5(8)3-2-4(6)7/h4-6,10-12H,7-9H2,1-3H3,(H,25,26);2-3H2,1H3. The predicted molar refractivity (Wildman–Crippen MR) is 147 cm³/mol. The van der Waals surface area contributed by atoms with Crippen molar-refractivity contribution in [2.45, 2.75) is 32.1 Å². The summed E-state index contributed by atoms with van der Waals surface area (Å²) in [6.45, 7) is 0. The number of halogens is 2. The van der Waals surface area contributed by atoms with E-state index in [4.69, 9.17) is 21.1 Å². The van der Waals surface area contributed by atoms with Crippen molar-refractivity contribution in [2.75, 3.05) is 33.8 Å². The minimum absolute atomic E-state index is 0.0498. The van der Waals surface area contributed by atoms with Crippen molar-refractivity contribution in [3.8, 4) is 22.8 Å². The fraction of sp³-hybridized carbons (Fsp3) is 0.321. The Labute approximate surface area is 240 Å². The van der Waals surface area contributed by atoms with Crippen molar-refractivity contribution in [1.82, 2.24) is 9.78 Å². The van der Waals surface area contributed by atoms with Gasteiger partial charge in [-0.1, -0.05) is 6.07 Å². The van der Waals surface area contributed by atoms with Crippen LogP contribution >= 0.6 is 11.6 Å². The highest BCUT2D eigenvalue weighted by Crippen LogP contribution is 2.45. The van der Waals surface area contributed by atoms with Gasteiger partial charge in [0.15, 0.2) is 17.3 Å². The smallest absolute Gasteiger partial charge is 0.306 e. The van der Waals surface area contributed by atoms with Gasteiger partial charge in [0.05, 0.1) is 47.0 Å². The number of esters is 2. The van der Waals surface area contributed by atoms with E-state index < -0.39 is 23.0 Å². The van der Waals surface area contributed by atoms with Crippen molar-refractivity contribution in [1.29, 1.82) is 0 Å². The van der Waals surface area contributed by atoms with Crippen LogP contribution in [0.3, 0.4) is 0 Å². The molecule has 1 aromatic heterocycles. The number of fused-ring (bicyclic) bond motifs is 3. The van der Waals surface area contributed by atoms with Crippen LogP contribution in [0.25, 0.3) is 11.3 Å². The number of ether oxygens (including phenoxy) is 4. The molecular formula is C28H29ClFN3O8. The number of nitrogens with one attached hydrogen (secondary N) is 1. The van der Waals surface area contributed by atoms with Crippen LogP contribution in [0.4, 0.5) is 15.9 Å². The average molecular weight is 590 g/mol. The quantitative estimate of drug-likeness (QED) is 0.206. The van der Waals surface area contributed by atoms with Gasteiger partial charge < -0.3 is 24.3 Å². The van der Waals surface area contributed by atoms with E-state index in [1.165, 1.54) is 38.1 Å². The summed E-state index contributed by atoms with van der Waals surface area (Å²) >= 11 is 4.93. The maximum absolute atomic E-state index is 13.7. The number of rotatable bonds is 10. The van der Waals surface area contributed by atoms with Gasteiger partial charge in [-0.3, -0.25) is 19.2 Å². The number of carbonyl (C=O) groups is 4. The summed E-state index contributed by atoms with van der Waals surface area (Å²) in [6, 6.07) is 9.65. The molecule has 0 fully saturated rings. The average Bonchev–Trinajstić information content (AvgIpc) is 3.50. The Bertz CT molecular complexity index is 1460. The number of nitrogens with zero attached hydrogens (tertiary/aromatic N) is 2. The van der Waals surface area contributed by atoms with E-state index in [-0.39, 0.29) is 31.6 Å². The summed E-state index contributed by atoms with van der Waals surface area (Å²) in [5, 5.41) is 7.06. The lowest BCUT2D eigenvalue weighted by Crippen LogP contribution is -2.16. The van der Waals surface area contributed by atoms with Gasteiger partial charge in [0.1, 0.15) is 5.82 Å². The number of hydrogen-bond acceptors (Lipinski definition) is 10. The molecule has 3 aromatic rings. The molecule has 1 N–H and O–H groups in total. The molecule has 13 heteroatoms. The first kappa shape index (κ1) is 31.1. The summed E-state index contributed by atoms with van der Waals surface area (Å²) in [7, 11) is 5.63. The van der Waals surface area contributed by atoms with Gasteiger partial charge in [-0.2, -0.15) is 4.68 Å². The van der Waals surface area contributed by atoms with Gasteiger partial charge in [-0.05, 0) is 47.5 Å². The van der Waals surface area contributed by atoms with Crippen molar-refractivity contribution in [3.63, 3.8) is 0 Å². The Morgan fingerprint density at radius 3 is 2.15 bits per heavy atom. The fourth-order valence-electron chi connectivity index (χ4n) is 4.08. The van der Waals surface area contributed by atoms with Crippen molar-refractivity contribution < 1.29 is 42.5 Å². The van der Waals surface area contributed by atoms with Crippen LogP contribution in [0, 0.1) is 5.82 Å². The molecule has 2 aromatic carbocycles. The maximum Gasteiger partial charge on any atom is 0.306 e. The van der Waals surface area contributed by atoms with E-state index in [0.29, 0.717) is 35.1 Å². The lowest BCUT2D eigenvalue weighted by Gasteiger charge is -2.12. The lowest BCUT2D eigenvalue weighted by atomic mass is 10.1. The fourth-order valence-corrected chi connectivity index (χ4v) is 4.17. The number of hydrogen-bond donors (Lipinski definition) is 1. The normalized spacial score (nSPS) is 10.9. The van der Waals surface area contributed by atoms with Crippen molar-refractivity contribution in [3.05, 3.63) is 53.3 Å². The first-order chi connectivity index (χ1) is 19.6. The zero-order chi connectivity index (χ0) is 30.1. The molecular weight excluding hydrogens is 561 g/mol. The third-order valence-corrected chi connectivity index (χ3v) is 6.25. The van der Waals surface area contributed by atoms with Gasteiger partial charge in [-0.25, -0.2) is 4.39 Å². The first-order valence-corrected chi connectivity index (χ1v) is 12.7. The Morgan fingerprint density at radius 1 is 0.927 bits per heavy atom. The van der Waals surface area contributed by atoms with Crippen LogP contribution in [0.15, 0.2) is 36.4 Å². The summed E-state index contributed by atoms with van der Waals surface area (Å²) in [6.07, 6.45) is 0.484. The number of carbonyl (C=O) groups excluding carboxylic acids is 4. The zero-order valence-corrected chi connectivity index (χ0v) is 23.7. The molecule has 0 spiro atoms. The number of benzene rings is 2. The highest BCUT2D eigenvalue weighted by atomic mass is 35.5. The third-order valence-electron chi connectivity index (χ3n) is 6.06. The van der Waals surface area contributed by atoms with Crippen LogP contribution in [0.2, 0.25) is 0 Å². The van der Waals surface area contributed by atoms with E-state index in [2.05, 4.69) is 19.9 Å². The van der Waals surface area contributed by atoms with Crippen LogP contribution in [0.5, 0.6) is 11.5 Å². The van der Waals surface area contributed by atoms with E-state index >= 15 is 0 Å². The minimum atomic E-state index is -0.514. The second kappa shape index (κ2) is 14.3. The molecule has 0 bridgehead atoms. The number of methoxy groups -OCH3 is 4.